The lowest BCUT2D eigenvalue weighted by atomic mass is 9.82. The lowest BCUT2D eigenvalue weighted by molar-refractivity contribution is 0.104. The number of anilines is 1. The van der Waals surface area contributed by atoms with Gasteiger partial charge in [-0.1, -0.05) is 99.5 Å². The number of benzene rings is 4. The Bertz CT molecular complexity index is 1390. The number of carbonyl (C=O) groups excluding carboxylic acids is 1. The van der Waals surface area contributed by atoms with Crippen LogP contribution >= 0.6 is 11.8 Å². The Hall–Kier alpha value is -3.24. The maximum Gasteiger partial charge on any atom is 0.194 e. The molecule has 35 heavy (non-hydrogen) atoms. The van der Waals surface area contributed by atoms with Gasteiger partial charge in [-0.15, -0.1) is 0 Å². The van der Waals surface area contributed by atoms with Crippen LogP contribution in [0.1, 0.15) is 55.5 Å². The third kappa shape index (κ3) is 4.43. The molecule has 0 aromatic heterocycles. The van der Waals surface area contributed by atoms with Gasteiger partial charge in [0.05, 0.1) is 11.5 Å². The van der Waals surface area contributed by atoms with Crippen molar-refractivity contribution in [2.24, 2.45) is 5.92 Å². The first-order valence-electron chi connectivity index (χ1n) is 12.5. The van der Waals surface area contributed by atoms with Crippen molar-refractivity contribution >= 4 is 34.0 Å². The molecule has 5 rings (SSSR count). The van der Waals surface area contributed by atoms with Gasteiger partial charge in [0.2, 0.25) is 0 Å². The number of ketones is 1. The summed E-state index contributed by atoms with van der Waals surface area (Å²) in [6.07, 6.45) is 4.67. The predicted octanol–water partition coefficient (Wildman–Crippen LogP) is 8.38. The molecule has 0 saturated heterocycles. The number of nitrogens with two attached hydrogens (primary N) is 1. The van der Waals surface area contributed by atoms with E-state index in [2.05, 4.69) is 26.0 Å². The molecule has 4 aromatic carbocycles. The number of carbonyl (C=O) groups is 1. The van der Waals surface area contributed by atoms with Crippen molar-refractivity contribution in [3.63, 3.8) is 0 Å². The summed E-state index contributed by atoms with van der Waals surface area (Å²) in [4.78, 5) is 15.4. The SMILES string of the molecule is CCCCC(CC)COc1cc2c3c(cccc3c1Sc1ccccc1N)C(=O)c1ccccc1-2. The van der Waals surface area contributed by atoms with Gasteiger partial charge >= 0.3 is 0 Å². The number of fused-ring (bicyclic) bond motifs is 2. The van der Waals surface area contributed by atoms with Gasteiger partial charge in [-0.2, -0.15) is 0 Å². The van der Waals surface area contributed by atoms with E-state index in [0.717, 1.165) is 60.7 Å². The quantitative estimate of drug-likeness (QED) is 0.215. The van der Waals surface area contributed by atoms with Crippen LogP contribution in [0.3, 0.4) is 0 Å². The molecule has 1 aliphatic rings. The number of ether oxygens (including phenoxy) is 1. The van der Waals surface area contributed by atoms with Crippen molar-refractivity contribution < 1.29 is 9.53 Å². The van der Waals surface area contributed by atoms with Crippen LogP contribution in [-0.4, -0.2) is 12.4 Å². The maximum absolute atomic E-state index is 13.4. The molecule has 3 nitrogen and oxygen atoms in total. The molecule has 0 heterocycles. The van der Waals surface area contributed by atoms with Crippen molar-refractivity contribution in [1.29, 1.82) is 0 Å². The zero-order valence-corrected chi connectivity index (χ0v) is 21.2. The van der Waals surface area contributed by atoms with E-state index >= 15 is 0 Å². The van der Waals surface area contributed by atoms with E-state index in [-0.39, 0.29) is 5.78 Å². The Morgan fingerprint density at radius 3 is 2.40 bits per heavy atom. The van der Waals surface area contributed by atoms with E-state index in [1.54, 1.807) is 11.8 Å². The number of nitrogen functional groups attached to an aromatic ring is 1. The van der Waals surface area contributed by atoms with Crippen molar-refractivity contribution in [2.75, 3.05) is 12.3 Å². The van der Waals surface area contributed by atoms with Gasteiger partial charge in [0.15, 0.2) is 5.78 Å². The Balaban J connectivity index is 1.69. The Labute approximate surface area is 211 Å². The molecule has 0 aliphatic heterocycles. The highest BCUT2D eigenvalue weighted by atomic mass is 32.2. The maximum atomic E-state index is 13.4. The van der Waals surface area contributed by atoms with E-state index in [4.69, 9.17) is 10.5 Å². The van der Waals surface area contributed by atoms with E-state index in [9.17, 15) is 4.79 Å². The van der Waals surface area contributed by atoms with Crippen LogP contribution in [0.15, 0.2) is 82.6 Å². The molecule has 0 radical (unpaired) electrons. The second-order valence-corrected chi connectivity index (χ2v) is 10.3. The number of hydrogen-bond donors (Lipinski definition) is 1. The number of hydrogen-bond acceptors (Lipinski definition) is 4. The zero-order valence-electron chi connectivity index (χ0n) is 20.3. The Morgan fingerprint density at radius 1 is 0.886 bits per heavy atom. The minimum atomic E-state index is 0.0770. The summed E-state index contributed by atoms with van der Waals surface area (Å²) in [6, 6.07) is 24.0. The van der Waals surface area contributed by atoms with Gasteiger partial charge < -0.3 is 10.5 Å². The first-order valence-corrected chi connectivity index (χ1v) is 13.3. The van der Waals surface area contributed by atoms with Crippen LogP contribution in [0.4, 0.5) is 5.69 Å². The number of rotatable bonds is 9. The lowest BCUT2D eigenvalue weighted by Gasteiger charge is -2.24. The molecule has 178 valence electrons. The van der Waals surface area contributed by atoms with Crippen LogP contribution in [0.25, 0.3) is 21.9 Å². The van der Waals surface area contributed by atoms with Crippen LogP contribution in [0.5, 0.6) is 5.75 Å². The summed E-state index contributed by atoms with van der Waals surface area (Å²) in [5.74, 6) is 1.45. The van der Waals surface area contributed by atoms with Gasteiger partial charge in [0.1, 0.15) is 5.75 Å². The normalized spacial score (nSPS) is 13.0. The standard InChI is InChI=1S/C31H31NO2S/c1-3-5-11-20(4-2)19-34-27-18-25-21-12-6-7-13-22(21)30(33)23-14-10-15-24(29(23)25)31(27)35-28-17-9-8-16-26(28)32/h6-10,12-18,20H,3-5,11,19,32H2,1-2H3. The largest absolute Gasteiger partial charge is 0.492 e. The van der Waals surface area contributed by atoms with Crippen LogP contribution in [-0.2, 0) is 0 Å². The third-order valence-electron chi connectivity index (χ3n) is 6.93. The average Bonchev–Trinajstić information content (AvgIpc) is 2.89. The monoisotopic (exact) mass is 481 g/mol. The average molecular weight is 482 g/mol. The highest BCUT2D eigenvalue weighted by Gasteiger charge is 2.28. The molecule has 4 aromatic rings. The predicted molar refractivity (Wildman–Crippen MR) is 147 cm³/mol. The Kier molecular flexibility index (Phi) is 6.83. The van der Waals surface area contributed by atoms with Crippen LogP contribution < -0.4 is 10.5 Å². The molecule has 0 amide bonds. The summed E-state index contributed by atoms with van der Waals surface area (Å²) in [7, 11) is 0. The van der Waals surface area contributed by atoms with E-state index in [1.165, 1.54) is 19.3 Å². The fourth-order valence-corrected chi connectivity index (χ4v) is 5.95. The van der Waals surface area contributed by atoms with Crippen molar-refractivity contribution in [1.82, 2.24) is 0 Å². The molecule has 1 unspecified atom stereocenters. The second-order valence-electron chi connectivity index (χ2n) is 9.22. The molecular formula is C31H31NO2S. The fraction of sp³-hybridized carbons (Fsp3) is 0.258. The molecule has 0 bridgehead atoms. The Morgan fingerprint density at radius 2 is 1.63 bits per heavy atom. The summed E-state index contributed by atoms with van der Waals surface area (Å²) >= 11 is 1.62. The second kappa shape index (κ2) is 10.2. The lowest BCUT2D eigenvalue weighted by Crippen LogP contribution is -2.13. The number of unbranched alkanes of at least 4 members (excludes halogenated alkanes) is 1. The van der Waals surface area contributed by atoms with E-state index in [1.807, 2.05) is 60.7 Å². The minimum absolute atomic E-state index is 0.0770. The highest BCUT2D eigenvalue weighted by molar-refractivity contribution is 7.99. The van der Waals surface area contributed by atoms with Gasteiger partial charge in [-0.05, 0) is 41.7 Å². The van der Waals surface area contributed by atoms with Crippen molar-refractivity contribution in [3.8, 4) is 16.9 Å². The summed E-state index contributed by atoms with van der Waals surface area (Å²) in [6.45, 7) is 5.15. The molecule has 2 N–H and O–H groups in total. The molecule has 1 atom stereocenters. The first-order chi connectivity index (χ1) is 17.1. The van der Waals surface area contributed by atoms with Gasteiger partial charge in [0.25, 0.3) is 0 Å². The van der Waals surface area contributed by atoms with E-state index < -0.39 is 0 Å². The molecule has 4 heteroatoms. The van der Waals surface area contributed by atoms with Gasteiger partial charge in [-0.3, -0.25) is 4.79 Å². The summed E-state index contributed by atoms with van der Waals surface area (Å²) in [5.41, 5.74) is 10.6. The van der Waals surface area contributed by atoms with E-state index in [0.29, 0.717) is 12.5 Å². The highest BCUT2D eigenvalue weighted by Crippen LogP contribution is 2.49. The smallest absolute Gasteiger partial charge is 0.194 e. The van der Waals surface area contributed by atoms with Gasteiger partial charge in [0, 0.05) is 32.5 Å². The molecule has 0 fully saturated rings. The van der Waals surface area contributed by atoms with Crippen molar-refractivity contribution in [3.05, 3.63) is 83.9 Å². The van der Waals surface area contributed by atoms with Gasteiger partial charge in [-0.25, -0.2) is 0 Å². The zero-order chi connectivity index (χ0) is 24.4. The van der Waals surface area contributed by atoms with Crippen molar-refractivity contribution in [2.45, 2.75) is 49.3 Å². The number of para-hydroxylation sites is 1. The topological polar surface area (TPSA) is 52.3 Å². The summed E-state index contributed by atoms with van der Waals surface area (Å²) < 4.78 is 6.61. The fourth-order valence-electron chi connectivity index (χ4n) is 4.90. The first kappa shape index (κ1) is 23.5. The molecule has 1 aliphatic carbocycles. The molecule has 0 saturated carbocycles. The third-order valence-corrected chi connectivity index (χ3v) is 8.15. The van der Waals surface area contributed by atoms with Crippen LogP contribution in [0.2, 0.25) is 0 Å². The molecular weight excluding hydrogens is 450 g/mol. The van der Waals surface area contributed by atoms with Crippen LogP contribution in [0, 0.1) is 5.92 Å². The minimum Gasteiger partial charge on any atom is -0.492 e. The summed E-state index contributed by atoms with van der Waals surface area (Å²) in [5, 5.41) is 2.03. The molecule has 0 spiro atoms.